The Hall–Kier alpha value is -2.41. The minimum absolute atomic E-state index is 0.0220. The standard InChI is InChI=1S/C22H28N2O4S/c1-14-5-9-18(10-6-14)29(26,27)24-23-21-12-11-19-15(2)7-8-17(13-20(19)21)16(3)22(25)28-4/h5-6,9-10,17,19-20,24H,2-3,7-8,11-13H2,1,4H3/b23-21+/t17-,19+,20-/m1/s1. The molecule has 2 saturated carbocycles. The maximum atomic E-state index is 12.6. The molecule has 156 valence electrons. The first-order valence-electron chi connectivity index (χ1n) is 9.82. The van der Waals surface area contributed by atoms with Gasteiger partial charge in [-0.2, -0.15) is 13.5 Å². The number of esters is 1. The topological polar surface area (TPSA) is 84.8 Å². The second-order valence-electron chi connectivity index (χ2n) is 7.91. The molecule has 7 heteroatoms. The number of methoxy groups -OCH3 is 1. The van der Waals surface area contributed by atoms with Crippen LogP contribution in [0.5, 0.6) is 0 Å². The SMILES string of the molecule is C=C(C(=O)OC)[C@@H]1CCC(=C)[C@@H]2CC/C(=N\NS(=O)(=O)c3ccc(C)cc3)[C@@H]2C1. The Labute approximate surface area is 172 Å². The molecule has 3 rings (SSSR count). The quantitative estimate of drug-likeness (QED) is 0.343. The summed E-state index contributed by atoms with van der Waals surface area (Å²) in [7, 11) is -2.37. The summed E-state index contributed by atoms with van der Waals surface area (Å²) in [5.74, 6) is -0.105. The molecule has 0 radical (unpaired) electrons. The van der Waals surface area contributed by atoms with E-state index in [0.29, 0.717) is 18.4 Å². The van der Waals surface area contributed by atoms with Crippen molar-refractivity contribution in [3.8, 4) is 0 Å². The molecule has 0 unspecified atom stereocenters. The van der Waals surface area contributed by atoms with Gasteiger partial charge in [0.05, 0.1) is 12.0 Å². The highest BCUT2D eigenvalue weighted by atomic mass is 32.2. The highest BCUT2D eigenvalue weighted by Crippen LogP contribution is 2.45. The van der Waals surface area contributed by atoms with Crippen molar-refractivity contribution < 1.29 is 17.9 Å². The fourth-order valence-electron chi connectivity index (χ4n) is 4.32. The highest BCUT2D eigenvalue weighted by molar-refractivity contribution is 7.89. The highest BCUT2D eigenvalue weighted by Gasteiger charge is 2.40. The minimum Gasteiger partial charge on any atom is -0.466 e. The van der Waals surface area contributed by atoms with Crippen LogP contribution in [0.3, 0.4) is 0 Å². The first-order chi connectivity index (χ1) is 13.7. The van der Waals surface area contributed by atoms with Crippen molar-refractivity contribution >= 4 is 21.7 Å². The molecule has 1 aromatic carbocycles. The second kappa shape index (κ2) is 8.53. The van der Waals surface area contributed by atoms with Crippen molar-refractivity contribution in [3.63, 3.8) is 0 Å². The van der Waals surface area contributed by atoms with Crippen molar-refractivity contribution in [1.82, 2.24) is 4.83 Å². The largest absolute Gasteiger partial charge is 0.466 e. The molecule has 29 heavy (non-hydrogen) atoms. The van der Waals surface area contributed by atoms with Gasteiger partial charge in [-0.05, 0) is 63.0 Å². The van der Waals surface area contributed by atoms with E-state index in [4.69, 9.17) is 4.74 Å². The number of nitrogens with one attached hydrogen (secondary N) is 1. The number of fused-ring (bicyclic) bond motifs is 1. The van der Waals surface area contributed by atoms with Gasteiger partial charge in [-0.25, -0.2) is 9.63 Å². The Bertz CT molecular complexity index is 948. The zero-order chi connectivity index (χ0) is 21.2. The van der Waals surface area contributed by atoms with Crippen molar-refractivity contribution in [1.29, 1.82) is 0 Å². The third kappa shape index (κ3) is 4.61. The van der Waals surface area contributed by atoms with Gasteiger partial charge in [0.1, 0.15) is 0 Å². The third-order valence-corrected chi connectivity index (χ3v) is 7.31. The lowest BCUT2D eigenvalue weighted by molar-refractivity contribution is -0.136. The van der Waals surface area contributed by atoms with Gasteiger partial charge in [0.25, 0.3) is 10.0 Å². The minimum atomic E-state index is -3.72. The van der Waals surface area contributed by atoms with Crippen LogP contribution in [-0.2, 0) is 19.6 Å². The van der Waals surface area contributed by atoms with E-state index in [2.05, 4.69) is 23.1 Å². The van der Waals surface area contributed by atoms with E-state index >= 15 is 0 Å². The summed E-state index contributed by atoms with van der Waals surface area (Å²) in [5, 5.41) is 4.30. The van der Waals surface area contributed by atoms with Gasteiger partial charge < -0.3 is 4.74 Å². The number of nitrogens with zero attached hydrogens (tertiary/aromatic N) is 1. The smallest absolute Gasteiger partial charge is 0.333 e. The summed E-state index contributed by atoms with van der Waals surface area (Å²) < 4.78 is 30.0. The predicted molar refractivity (Wildman–Crippen MR) is 113 cm³/mol. The number of allylic oxidation sites excluding steroid dienone is 1. The van der Waals surface area contributed by atoms with E-state index in [1.165, 1.54) is 7.11 Å². The number of benzene rings is 1. The number of hydrazone groups is 1. The maximum absolute atomic E-state index is 12.6. The summed E-state index contributed by atoms with van der Waals surface area (Å²) in [5.41, 5.74) is 3.41. The van der Waals surface area contributed by atoms with Gasteiger partial charge in [-0.1, -0.05) is 36.4 Å². The molecule has 2 aliphatic carbocycles. The number of hydrogen-bond donors (Lipinski definition) is 1. The maximum Gasteiger partial charge on any atom is 0.333 e. The summed E-state index contributed by atoms with van der Waals surface area (Å²) >= 11 is 0. The third-order valence-electron chi connectivity index (χ3n) is 6.08. The first-order valence-corrected chi connectivity index (χ1v) is 11.3. The van der Waals surface area contributed by atoms with Crippen LogP contribution < -0.4 is 4.83 Å². The lowest BCUT2D eigenvalue weighted by Crippen LogP contribution is -2.24. The molecular formula is C22H28N2O4S. The average molecular weight is 417 g/mol. The fourth-order valence-corrected chi connectivity index (χ4v) is 5.16. The van der Waals surface area contributed by atoms with Crippen LogP contribution in [0, 0.1) is 24.7 Å². The predicted octanol–water partition coefficient (Wildman–Crippen LogP) is 3.74. The lowest BCUT2D eigenvalue weighted by atomic mass is 9.84. The summed E-state index contributed by atoms with van der Waals surface area (Å²) in [6.07, 6.45) is 3.92. The Balaban J connectivity index is 1.81. The Kier molecular flexibility index (Phi) is 6.27. The molecule has 6 nitrogen and oxygen atoms in total. The van der Waals surface area contributed by atoms with Gasteiger partial charge in [0.2, 0.25) is 0 Å². The van der Waals surface area contributed by atoms with Crippen molar-refractivity contribution in [2.75, 3.05) is 7.11 Å². The number of sulfonamides is 1. The summed E-state index contributed by atoms with van der Waals surface area (Å²) in [4.78, 5) is 14.5. The van der Waals surface area contributed by atoms with Crippen molar-refractivity contribution in [2.24, 2.45) is 22.9 Å². The normalized spacial score (nSPS) is 25.9. The van der Waals surface area contributed by atoms with Gasteiger partial charge in [-0.3, -0.25) is 0 Å². The summed E-state index contributed by atoms with van der Waals surface area (Å²) in [6, 6.07) is 6.65. The van der Waals surface area contributed by atoms with Crippen LogP contribution in [0.25, 0.3) is 0 Å². The lowest BCUT2D eigenvalue weighted by Gasteiger charge is -2.21. The molecule has 3 atom stereocenters. The zero-order valence-electron chi connectivity index (χ0n) is 17.0. The molecule has 0 bridgehead atoms. The number of ether oxygens (including phenoxy) is 1. The van der Waals surface area contributed by atoms with E-state index in [1.807, 2.05) is 6.92 Å². The molecule has 0 amide bonds. The number of rotatable bonds is 5. The number of aryl methyl sites for hydroxylation is 1. The number of hydrogen-bond acceptors (Lipinski definition) is 5. The molecule has 0 saturated heterocycles. The van der Waals surface area contributed by atoms with Crippen LogP contribution in [0.1, 0.15) is 37.7 Å². The molecule has 2 fully saturated rings. The van der Waals surface area contributed by atoms with E-state index in [1.54, 1.807) is 24.3 Å². The molecule has 0 aromatic heterocycles. The van der Waals surface area contributed by atoms with E-state index in [0.717, 1.165) is 36.1 Å². The van der Waals surface area contributed by atoms with Gasteiger partial charge >= 0.3 is 5.97 Å². The van der Waals surface area contributed by atoms with E-state index in [9.17, 15) is 13.2 Å². The Morgan fingerprint density at radius 1 is 1.17 bits per heavy atom. The monoisotopic (exact) mass is 416 g/mol. The molecule has 1 N–H and O–H groups in total. The number of carbonyl (C=O) groups is 1. The number of carbonyl (C=O) groups excluding carboxylic acids is 1. The Morgan fingerprint density at radius 3 is 2.52 bits per heavy atom. The van der Waals surface area contributed by atoms with Crippen molar-refractivity contribution in [3.05, 3.63) is 54.1 Å². The van der Waals surface area contributed by atoms with E-state index < -0.39 is 16.0 Å². The van der Waals surface area contributed by atoms with Crippen LogP contribution in [-0.4, -0.2) is 27.2 Å². The molecule has 0 heterocycles. The first kappa shape index (κ1) is 21.3. The van der Waals surface area contributed by atoms with Crippen LogP contribution in [0.2, 0.25) is 0 Å². The molecule has 0 aliphatic heterocycles. The van der Waals surface area contributed by atoms with Gasteiger partial charge in [0.15, 0.2) is 0 Å². The van der Waals surface area contributed by atoms with Crippen LogP contribution in [0.15, 0.2) is 58.6 Å². The molecule has 0 spiro atoms. The second-order valence-corrected chi connectivity index (χ2v) is 9.57. The van der Waals surface area contributed by atoms with Gasteiger partial charge in [0, 0.05) is 17.2 Å². The molecule has 1 aromatic rings. The average Bonchev–Trinajstić information content (AvgIpc) is 3.03. The Morgan fingerprint density at radius 2 is 1.86 bits per heavy atom. The van der Waals surface area contributed by atoms with Crippen LogP contribution >= 0.6 is 0 Å². The van der Waals surface area contributed by atoms with Gasteiger partial charge in [-0.15, -0.1) is 0 Å². The summed E-state index contributed by atoms with van der Waals surface area (Å²) in [6.45, 7) is 10.1. The van der Waals surface area contributed by atoms with E-state index in [-0.39, 0.29) is 22.6 Å². The molecule has 2 aliphatic rings. The van der Waals surface area contributed by atoms with Crippen LogP contribution in [0.4, 0.5) is 0 Å². The fraction of sp³-hybridized carbons (Fsp3) is 0.455. The zero-order valence-corrected chi connectivity index (χ0v) is 17.8. The molecular weight excluding hydrogens is 388 g/mol. The van der Waals surface area contributed by atoms with Crippen molar-refractivity contribution in [2.45, 2.75) is 43.9 Å².